The highest BCUT2D eigenvalue weighted by atomic mass is 32.2. The maximum atomic E-state index is 13.1. The number of hydrogen-bond donors (Lipinski definition) is 3. The van der Waals surface area contributed by atoms with E-state index in [1.807, 2.05) is 18.2 Å². The fourth-order valence-corrected chi connectivity index (χ4v) is 3.72. The molecule has 3 rings (SSSR count). The Morgan fingerprint density at radius 1 is 1.35 bits per heavy atom. The van der Waals surface area contributed by atoms with Crippen molar-refractivity contribution in [3.05, 3.63) is 23.8 Å². The first-order chi connectivity index (χ1) is 10.9. The molecular formula is C15H18F3N3OS. The molecule has 0 bridgehead atoms. The van der Waals surface area contributed by atoms with E-state index in [1.54, 1.807) is 0 Å². The van der Waals surface area contributed by atoms with Gasteiger partial charge in [0.15, 0.2) is 0 Å². The van der Waals surface area contributed by atoms with Crippen LogP contribution in [0.1, 0.15) is 12.0 Å². The molecule has 0 aliphatic carbocycles. The Kier molecular flexibility index (Phi) is 4.84. The van der Waals surface area contributed by atoms with Crippen LogP contribution in [0.15, 0.2) is 23.1 Å². The van der Waals surface area contributed by atoms with Gasteiger partial charge in [-0.15, -0.1) is 11.8 Å². The number of piperidine rings is 1. The van der Waals surface area contributed by atoms with Gasteiger partial charge in [0.25, 0.3) is 0 Å². The van der Waals surface area contributed by atoms with Crippen molar-refractivity contribution >= 4 is 23.4 Å². The van der Waals surface area contributed by atoms with Crippen LogP contribution in [0.5, 0.6) is 0 Å². The smallest absolute Gasteiger partial charge is 0.324 e. The van der Waals surface area contributed by atoms with Gasteiger partial charge in [-0.25, -0.2) is 0 Å². The van der Waals surface area contributed by atoms with Gasteiger partial charge in [-0.2, -0.15) is 13.2 Å². The number of halogens is 3. The zero-order chi connectivity index (χ0) is 16.4. The van der Waals surface area contributed by atoms with Gasteiger partial charge >= 0.3 is 6.18 Å². The second-order valence-electron chi connectivity index (χ2n) is 5.80. The van der Waals surface area contributed by atoms with E-state index < -0.39 is 18.1 Å². The molecule has 1 aromatic carbocycles. The Labute approximate surface area is 136 Å². The molecule has 1 saturated heterocycles. The minimum absolute atomic E-state index is 0.0436. The number of carbonyl (C=O) groups is 1. The number of alkyl halides is 3. The Morgan fingerprint density at radius 2 is 2.17 bits per heavy atom. The monoisotopic (exact) mass is 345 g/mol. The van der Waals surface area contributed by atoms with Crippen LogP contribution in [0, 0.1) is 5.92 Å². The Bertz CT molecular complexity index is 594. The third-order valence-corrected chi connectivity index (χ3v) is 5.22. The van der Waals surface area contributed by atoms with Crippen molar-refractivity contribution in [2.75, 3.05) is 24.2 Å². The van der Waals surface area contributed by atoms with Crippen LogP contribution in [0.3, 0.4) is 0 Å². The van der Waals surface area contributed by atoms with Crippen molar-refractivity contribution in [3.8, 4) is 0 Å². The molecule has 3 N–H and O–H groups in total. The number of nitrogens with one attached hydrogen (secondary N) is 3. The van der Waals surface area contributed by atoms with E-state index in [9.17, 15) is 18.0 Å². The molecule has 2 aliphatic rings. The van der Waals surface area contributed by atoms with Gasteiger partial charge in [0.05, 0.1) is 17.4 Å². The summed E-state index contributed by atoms with van der Waals surface area (Å²) in [7, 11) is 0. The molecule has 23 heavy (non-hydrogen) atoms. The summed E-state index contributed by atoms with van der Waals surface area (Å²) in [5.74, 6) is -1.03. The number of fused-ring (bicyclic) bond motifs is 1. The highest BCUT2D eigenvalue weighted by Crippen LogP contribution is 2.33. The summed E-state index contributed by atoms with van der Waals surface area (Å²) in [6, 6.07) is 5.03. The van der Waals surface area contributed by atoms with E-state index in [0.29, 0.717) is 25.3 Å². The SMILES string of the molecule is O=C1CSc2ccc(CN[C@H]3CCNC[C@H]3C(F)(F)F)cc2N1. The van der Waals surface area contributed by atoms with Gasteiger partial charge in [0.2, 0.25) is 5.91 Å². The van der Waals surface area contributed by atoms with Crippen molar-refractivity contribution in [1.29, 1.82) is 0 Å². The Balaban J connectivity index is 1.65. The van der Waals surface area contributed by atoms with Crippen molar-refractivity contribution in [3.63, 3.8) is 0 Å². The summed E-state index contributed by atoms with van der Waals surface area (Å²) < 4.78 is 39.2. The number of hydrogen-bond acceptors (Lipinski definition) is 4. The molecule has 2 aliphatic heterocycles. The highest BCUT2D eigenvalue weighted by Gasteiger charge is 2.45. The molecule has 2 heterocycles. The number of benzene rings is 1. The van der Waals surface area contributed by atoms with Crippen molar-refractivity contribution in [2.45, 2.75) is 30.1 Å². The maximum absolute atomic E-state index is 13.1. The Hall–Kier alpha value is -1.25. The molecule has 1 aromatic rings. The predicted octanol–water partition coefficient (Wildman–Crippen LogP) is 2.36. The van der Waals surface area contributed by atoms with Gasteiger partial charge < -0.3 is 16.0 Å². The first kappa shape index (κ1) is 16.6. The van der Waals surface area contributed by atoms with Crippen LogP contribution in [0.4, 0.5) is 18.9 Å². The van der Waals surface area contributed by atoms with Gasteiger partial charge in [0, 0.05) is 24.0 Å². The molecule has 126 valence electrons. The topological polar surface area (TPSA) is 53.2 Å². The first-order valence-corrected chi connectivity index (χ1v) is 8.48. The van der Waals surface area contributed by atoms with Crippen LogP contribution in [-0.4, -0.2) is 37.0 Å². The number of carbonyl (C=O) groups excluding carboxylic acids is 1. The second-order valence-corrected chi connectivity index (χ2v) is 6.81. The van der Waals surface area contributed by atoms with Crippen LogP contribution in [-0.2, 0) is 11.3 Å². The van der Waals surface area contributed by atoms with Crippen LogP contribution >= 0.6 is 11.8 Å². The van der Waals surface area contributed by atoms with E-state index >= 15 is 0 Å². The lowest BCUT2D eigenvalue weighted by molar-refractivity contribution is -0.185. The van der Waals surface area contributed by atoms with Gasteiger partial charge in [-0.3, -0.25) is 4.79 Å². The average Bonchev–Trinajstić information content (AvgIpc) is 2.52. The summed E-state index contributed by atoms with van der Waals surface area (Å²) in [5.41, 5.74) is 1.61. The molecule has 1 amide bonds. The normalized spacial score (nSPS) is 24.9. The van der Waals surface area contributed by atoms with E-state index in [1.165, 1.54) is 11.8 Å². The average molecular weight is 345 g/mol. The van der Waals surface area contributed by atoms with E-state index in [0.717, 1.165) is 16.1 Å². The molecule has 0 radical (unpaired) electrons. The molecule has 0 aromatic heterocycles. The summed E-state index contributed by atoms with van der Waals surface area (Å²) in [4.78, 5) is 12.4. The molecule has 0 saturated carbocycles. The fraction of sp³-hybridized carbons (Fsp3) is 0.533. The van der Waals surface area contributed by atoms with Gasteiger partial charge in [-0.05, 0) is 30.7 Å². The van der Waals surface area contributed by atoms with Crippen molar-refractivity contribution in [1.82, 2.24) is 10.6 Å². The standard InChI is InChI=1S/C15H18F3N3OS/c16-15(17,18)10-7-19-4-3-11(10)20-6-9-1-2-13-12(5-9)21-14(22)8-23-13/h1-2,5,10-11,19-20H,3-4,6-8H2,(H,21,22)/t10-,11+/m1/s1. The lowest BCUT2D eigenvalue weighted by Gasteiger charge is -2.34. The number of thioether (sulfide) groups is 1. The zero-order valence-electron chi connectivity index (χ0n) is 12.4. The van der Waals surface area contributed by atoms with Crippen LogP contribution < -0.4 is 16.0 Å². The predicted molar refractivity (Wildman–Crippen MR) is 83.5 cm³/mol. The molecule has 8 heteroatoms. The molecule has 0 unspecified atom stereocenters. The fourth-order valence-electron chi connectivity index (χ4n) is 2.94. The third kappa shape index (κ3) is 3.99. The molecule has 1 fully saturated rings. The highest BCUT2D eigenvalue weighted by molar-refractivity contribution is 8.00. The molecule has 4 nitrogen and oxygen atoms in total. The number of amides is 1. The number of anilines is 1. The summed E-state index contributed by atoms with van der Waals surface area (Å²) >= 11 is 1.47. The van der Waals surface area contributed by atoms with Crippen LogP contribution in [0.2, 0.25) is 0 Å². The minimum atomic E-state index is -4.20. The lowest BCUT2D eigenvalue weighted by Crippen LogP contribution is -2.53. The summed E-state index contributed by atoms with van der Waals surface area (Å²) in [6.45, 7) is 0.893. The van der Waals surface area contributed by atoms with E-state index in [4.69, 9.17) is 0 Å². The lowest BCUT2D eigenvalue weighted by atomic mass is 9.92. The minimum Gasteiger partial charge on any atom is -0.324 e. The van der Waals surface area contributed by atoms with Crippen molar-refractivity contribution < 1.29 is 18.0 Å². The van der Waals surface area contributed by atoms with Crippen LogP contribution in [0.25, 0.3) is 0 Å². The van der Waals surface area contributed by atoms with E-state index in [2.05, 4.69) is 16.0 Å². The summed E-state index contributed by atoms with van der Waals surface area (Å²) in [6.07, 6.45) is -3.76. The van der Waals surface area contributed by atoms with Gasteiger partial charge in [-0.1, -0.05) is 6.07 Å². The van der Waals surface area contributed by atoms with E-state index in [-0.39, 0.29) is 12.5 Å². The summed E-state index contributed by atoms with van der Waals surface area (Å²) in [5, 5.41) is 8.63. The molecular weight excluding hydrogens is 327 g/mol. The molecule has 0 spiro atoms. The quantitative estimate of drug-likeness (QED) is 0.787. The largest absolute Gasteiger partial charge is 0.394 e. The number of rotatable bonds is 3. The zero-order valence-corrected chi connectivity index (χ0v) is 13.2. The second kappa shape index (κ2) is 6.70. The third-order valence-electron chi connectivity index (χ3n) is 4.15. The maximum Gasteiger partial charge on any atom is 0.394 e. The first-order valence-electron chi connectivity index (χ1n) is 7.50. The Morgan fingerprint density at radius 3 is 2.96 bits per heavy atom. The molecule has 2 atom stereocenters. The van der Waals surface area contributed by atoms with Gasteiger partial charge in [0.1, 0.15) is 0 Å². The van der Waals surface area contributed by atoms with Crippen molar-refractivity contribution in [2.24, 2.45) is 5.92 Å².